The lowest BCUT2D eigenvalue weighted by Gasteiger charge is -2.15. The van der Waals surface area contributed by atoms with Gasteiger partial charge in [0.05, 0.1) is 10.5 Å². The summed E-state index contributed by atoms with van der Waals surface area (Å²) in [5.74, 6) is -0.339. The predicted molar refractivity (Wildman–Crippen MR) is 93.3 cm³/mol. The second kappa shape index (κ2) is 7.77. The molecule has 1 amide bonds. The summed E-state index contributed by atoms with van der Waals surface area (Å²) in [5.41, 5.74) is 1.95. The van der Waals surface area contributed by atoms with Gasteiger partial charge in [-0.3, -0.25) is 14.9 Å². The first kappa shape index (κ1) is 17.6. The van der Waals surface area contributed by atoms with Crippen molar-refractivity contribution in [3.05, 3.63) is 75.3 Å². The molecule has 0 bridgehead atoms. The number of benzene rings is 2. The highest BCUT2D eigenvalue weighted by molar-refractivity contribution is 5.89. The average molecular weight is 354 g/mol. The highest BCUT2D eigenvalue weighted by Crippen LogP contribution is 2.17. The van der Waals surface area contributed by atoms with Crippen LogP contribution in [0.25, 0.3) is 0 Å². The fourth-order valence-electron chi connectivity index (χ4n) is 2.83. The number of nitro groups is 1. The smallest absolute Gasteiger partial charge is 0.338 e. The van der Waals surface area contributed by atoms with Crippen LogP contribution >= 0.6 is 0 Å². The quantitative estimate of drug-likeness (QED) is 0.452. The van der Waals surface area contributed by atoms with E-state index in [0.717, 1.165) is 18.5 Å². The summed E-state index contributed by atoms with van der Waals surface area (Å²) in [6, 6.07) is 12.9. The minimum atomic E-state index is -0.480. The third kappa shape index (κ3) is 4.24. The fourth-order valence-corrected chi connectivity index (χ4v) is 2.83. The molecule has 0 aliphatic carbocycles. The third-order valence-corrected chi connectivity index (χ3v) is 4.22. The minimum Gasteiger partial charge on any atom is -0.457 e. The Morgan fingerprint density at radius 3 is 2.58 bits per heavy atom. The topological polar surface area (TPSA) is 89.8 Å². The lowest BCUT2D eigenvalue weighted by Crippen LogP contribution is -2.23. The first-order valence-corrected chi connectivity index (χ1v) is 8.30. The zero-order valence-electron chi connectivity index (χ0n) is 14.1. The molecule has 0 radical (unpaired) electrons. The van der Waals surface area contributed by atoms with Crippen LogP contribution in [0, 0.1) is 10.1 Å². The van der Waals surface area contributed by atoms with Crippen LogP contribution in [0.3, 0.4) is 0 Å². The summed E-state index contributed by atoms with van der Waals surface area (Å²) in [6.45, 7) is 1.27. The van der Waals surface area contributed by atoms with Crippen molar-refractivity contribution in [1.82, 2.24) is 4.90 Å². The van der Waals surface area contributed by atoms with Gasteiger partial charge in [0, 0.05) is 31.6 Å². The Morgan fingerprint density at radius 1 is 1.15 bits per heavy atom. The van der Waals surface area contributed by atoms with E-state index in [0.29, 0.717) is 24.1 Å². The number of esters is 1. The molecule has 7 nitrogen and oxygen atoms in total. The number of amides is 1. The maximum absolute atomic E-state index is 12.2. The number of carbonyl (C=O) groups is 2. The molecule has 0 spiro atoms. The highest BCUT2D eigenvalue weighted by Gasteiger charge is 2.20. The van der Waals surface area contributed by atoms with E-state index in [4.69, 9.17) is 4.74 Å². The minimum absolute atomic E-state index is 0.00997. The Kier molecular flexibility index (Phi) is 5.26. The van der Waals surface area contributed by atoms with Gasteiger partial charge in [0.15, 0.2) is 0 Å². The molecule has 26 heavy (non-hydrogen) atoms. The molecular weight excluding hydrogens is 336 g/mol. The molecule has 134 valence electrons. The van der Waals surface area contributed by atoms with Gasteiger partial charge in [-0.15, -0.1) is 0 Å². The lowest BCUT2D eigenvalue weighted by molar-refractivity contribution is -0.384. The Bertz CT molecular complexity index is 832. The number of nitro benzene ring substituents is 1. The van der Waals surface area contributed by atoms with E-state index in [1.54, 1.807) is 35.2 Å². The predicted octanol–water partition coefficient (Wildman–Crippen LogP) is 3.07. The molecule has 0 aromatic heterocycles. The van der Waals surface area contributed by atoms with Crippen molar-refractivity contribution >= 4 is 17.6 Å². The Labute approximate surface area is 150 Å². The van der Waals surface area contributed by atoms with Gasteiger partial charge >= 0.3 is 5.97 Å². The zero-order chi connectivity index (χ0) is 18.5. The number of hydrogen-bond acceptors (Lipinski definition) is 5. The molecule has 0 saturated carbocycles. The van der Waals surface area contributed by atoms with Gasteiger partial charge in [0.2, 0.25) is 5.91 Å². The number of carbonyl (C=O) groups excluding carboxylic acids is 2. The fraction of sp³-hybridized carbons (Fsp3) is 0.263. The summed E-state index contributed by atoms with van der Waals surface area (Å²) in [7, 11) is 0. The van der Waals surface area contributed by atoms with Crippen molar-refractivity contribution in [3.63, 3.8) is 0 Å². The lowest BCUT2D eigenvalue weighted by atomic mass is 10.1. The number of rotatable bonds is 6. The molecule has 7 heteroatoms. The number of ether oxygens (including phenoxy) is 1. The summed E-state index contributed by atoms with van der Waals surface area (Å²) in [4.78, 5) is 35.9. The molecule has 2 aromatic carbocycles. The van der Waals surface area contributed by atoms with Crippen LogP contribution in [-0.4, -0.2) is 28.2 Å². The van der Waals surface area contributed by atoms with Gasteiger partial charge in [-0.2, -0.15) is 0 Å². The summed E-state index contributed by atoms with van der Waals surface area (Å²) in [6.07, 6.45) is 1.45. The van der Waals surface area contributed by atoms with Crippen molar-refractivity contribution < 1.29 is 19.2 Å². The SMILES string of the molecule is O=C(OCc1ccc([N+](=O)[O-])cc1)c1cccc(CN2CCCC2=O)c1. The van der Waals surface area contributed by atoms with Crippen molar-refractivity contribution in [2.75, 3.05) is 6.54 Å². The van der Waals surface area contributed by atoms with Gasteiger partial charge in [-0.25, -0.2) is 4.79 Å². The van der Waals surface area contributed by atoms with E-state index in [-0.39, 0.29) is 18.2 Å². The molecule has 1 saturated heterocycles. The molecule has 1 heterocycles. The van der Waals surface area contributed by atoms with Gasteiger partial charge in [0.25, 0.3) is 5.69 Å². The summed E-state index contributed by atoms with van der Waals surface area (Å²) < 4.78 is 5.27. The molecule has 1 aliphatic rings. The summed E-state index contributed by atoms with van der Waals surface area (Å²) >= 11 is 0. The van der Waals surface area contributed by atoms with E-state index < -0.39 is 10.9 Å². The highest BCUT2D eigenvalue weighted by atomic mass is 16.6. The Balaban J connectivity index is 1.59. The standard InChI is InChI=1S/C19H18N2O5/c22-18-5-2-10-20(18)12-15-3-1-4-16(11-15)19(23)26-13-14-6-8-17(9-7-14)21(24)25/h1,3-4,6-9,11H,2,5,10,12-13H2. The monoisotopic (exact) mass is 354 g/mol. The number of nitrogens with zero attached hydrogens (tertiary/aromatic N) is 2. The molecule has 0 N–H and O–H groups in total. The Hall–Kier alpha value is -3.22. The van der Waals surface area contributed by atoms with Crippen LogP contribution in [0.2, 0.25) is 0 Å². The van der Waals surface area contributed by atoms with Crippen molar-refractivity contribution in [3.8, 4) is 0 Å². The van der Waals surface area contributed by atoms with E-state index in [1.807, 2.05) is 6.07 Å². The van der Waals surface area contributed by atoms with Gasteiger partial charge in [-0.1, -0.05) is 12.1 Å². The van der Waals surface area contributed by atoms with Crippen LogP contribution in [-0.2, 0) is 22.7 Å². The van der Waals surface area contributed by atoms with Crippen molar-refractivity contribution in [2.45, 2.75) is 26.0 Å². The van der Waals surface area contributed by atoms with E-state index in [1.165, 1.54) is 12.1 Å². The maximum Gasteiger partial charge on any atom is 0.338 e. The molecular formula is C19H18N2O5. The second-order valence-electron chi connectivity index (χ2n) is 6.12. The zero-order valence-corrected chi connectivity index (χ0v) is 14.1. The second-order valence-corrected chi connectivity index (χ2v) is 6.12. The van der Waals surface area contributed by atoms with Gasteiger partial charge in [-0.05, 0) is 41.8 Å². The molecule has 2 aromatic rings. The number of likely N-dealkylation sites (tertiary alicyclic amines) is 1. The van der Waals surface area contributed by atoms with Crippen molar-refractivity contribution in [2.24, 2.45) is 0 Å². The first-order valence-electron chi connectivity index (χ1n) is 8.30. The molecule has 0 unspecified atom stereocenters. The maximum atomic E-state index is 12.2. The summed E-state index contributed by atoms with van der Waals surface area (Å²) in [5, 5.41) is 10.6. The average Bonchev–Trinajstić information content (AvgIpc) is 3.05. The van der Waals surface area contributed by atoms with E-state index in [2.05, 4.69) is 0 Å². The van der Waals surface area contributed by atoms with Crippen LogP contribution in [0.1, 0.15) is 34.3 Å². The number of non-ortho nitro benzene ring substituents is 1. The van der Waals surface area contributed by atoms with Gasteiger partial charge in [0.1, 0.15) is 6.61 Å². The Morgan fingerprint density at radius 2 is 1.92 bits per heavy atom. The van der Waals surface area contributed by atoms with Crippen LogP contribution in [0.5, 0.6) is 0 Å². The normalized spacial score (nSPS) is 13.7. The third-order valence-electron chi connectivity index (χ3n) is 4.22. The largest absolute Gasteiger partial charge is 0.457 e. The van der Waals surface area contributed by atoms with Gasteiger partial charge < -0.3 is 9.64 Å². The van der Waals surface area contributed by atoms with Crippen LogP contribution in [0.15, 0.2) is 48.5 Å². The first-order chi connectivity index (χ1) is 12.5. The van der Waals surface area contributed by atoms with Crippen LogP contribution in [0.4, 0.5) is 5.69 Å². The van der Waals surface area contributed by atoms with Crippen molar-refractivity contribution in [1.29, 1.82) is 0 Å². The molecule has 1 fully saturated rings. The number of hydrogen-bond donors (Lipinski definition) is 0. The van der Waals surface area contributed by atoms with E-state index >= 15 is 0 Å². The molecule has 1 aliphatic heterocycles. The van der Waals surface area contributed by atoms with Crippen LogP contribution < -0.4 is 0 Å². The molecule has 3 rings (SSSR count). The molecule has 0 atom stereocenters. The van der Waals surface area contributed by atoms with E-state index in [9.17, 15) is 19.7 Å².